The maximum absolute atomic E-state index is 12.7. The van der Waals surface area contributed by atoms with Crippen molar-refractivity contribution in [2.45, 2.75) is 50.5 Å². The first kappa shape index (κ1) is 18.2. The Bertz CT molecular complexity index is 743. The number of amides is 2. The highest BCUT2D eigenvalue weighted by Gasteiger charge is 2.35. The molecule has 2 amide bonds. The number of nitrogens with zero attached hydrogens (tertiary/aromatic N) is 1. The predicted octanol–water partition coefficient (Wildman–Crippen LogP) is 1.17. The lowest BCUT2D eigenvalue weighted by molar-refractivity contribution is -0.137. The van der Waals surface area contributed by atoms with Crippen molar-refractivity contribution in [1.29, 1.82) is 0 Å². The Balaban J connectivity index is 1.34. The maximum Gasteiger partial charge on any atom is 0.225 e. The molecular formula is C21H26N2O4. The highest BCUT2D eigenvalue weighted by atomic mass is 16.5. The lowest BCUT2D eigenvalue weighted by Crippen LogP contribution is -2.49. The molecule has 2 heterocycles. The van der Waals surface area contributed by atoms with Gasteiger partial charge in [0.25, 0.3) is 0 Å². The van der Waals surface area contributed by atoms with Gasteiger partial charge < -0.3 is 20.1 Å². The minimum absolute atomic E-state index is 0.0215. The Morgan fingerprint density at radius 1 is 1.19 bits per heavy atom. The van der Waals surface area contributed by atoms with Crippen LogP contribution < -0.4 is 5.32 Å². The molecule has 6 nitrogen and oxygen atoms in total. The first-order valence-electron chi connectivity index (χ1n) is 9.73. The third-order valence-corrected chi connectivity index (χ3v) is 5.58. The van der Waals surface area contributed by atoms with Gasteiger partial charge in [0.1, 0.15) is 6.10 Å². The predicted molar refractivity (Wildman–Crippen MR) is 99.7 cm³/mol. The zero-order chi connectivity index (χ0) is 18.8. The van der Waals surface area contributed by atoms with Gasteiger partial charge in [0.15, 0.2) is 0 Å². The molecule has 0 radical (unpaired) electrons. The number of benzene rings is 1. The second kappa shape index (κ2) is 7.82. The Hall–Kier alpha value is -2.18. The molecule has 1 aromatic carbocycles. The van der Waals surface area contributed by atoms with Crippen molar-refractivity contribution in [2.24, 2.45) is 5.92 Å². The number of carbonyl (C=O) groups excluding carboxylic acids is 2. The number of aliphatic hydroxyl groups excluding tert-OH is 1. The topological polar surface area (TPSA) is 78.9 Å². The van der Waals surface area contributed by atoms with Gasteiger partial charge in [0.2, 0.25) is 11.8 Å². The van der Waals surface area contributed by atoms with Crippen molar-refractivity contribution in [3.05, 3.63) is 47.5 Å². The number of rotatable bonds is 5. The number of hydrogen-bond acceptors (Lipinski definition) is 4. The monoisotopic (exact) mass is 370 g/mol. The van der Waals surface area contributed by atoms with Crippen LogP contribution in [0.4, 0.5) is 0 Å². The first-order valence-corrected chi connectivity index (χ1v) is 9.73. The third kappa shape index (κ3) is 4.22. The van der Waals surface area contributed by atoms with Gasteiger partial charge in [0, 0.05) is 19.0 Å². The number of hydrogen-bond donors (Lipinski definition) is 2. The van der Waals surface area contributed by atoms with E-state index >= 15 is 0 Å². The van der Waals surface area contributed by atoms with E-state index in [4.69, 9.17) is 4.74 Å². The van der Waals surface area contributed by atoms with Crippen LogP contribution >= 0.6 is 0 Å². The van der Waals surface area contributed by atoms with E-state index in [1.165, 1.54) is 11.1 Å². The van der Waals surface area contributed by atoms with E-state index in [2.05, 4.69) is 17.4 Å². The van der Waals surface area contributed by atoms with E-state index in [9.17, 15) is 14.7 Å². The van der Waals surface area contributed by atoms with Crippen LogP contribution in [-0.2, 0) is 27.3 Å². The summed E-state index contributed by atoms with van der Waals surface area (Å²) in [7, 11) is 0. The average molecular weight is 370 g/mol. The van der Waals surface area contributed by atoms with Crippen molar-refractivity contribution in [3.8, 4) is 0 Å². The summed E-state index contributed by atoms with van der Waals surface area (Å²) in [6.07, 6.45) is 5.79. The molecule has 1 aromatic rings. The molecule has 1 fully saturated rings. The van der Waals surface area contributed by atoms with Gasteiger partial charge in [0.05, 0.1) is 25.2 Å². The molecule has 6 heteroatoms. The SMILES string of the molecule is O=C(N[C@H]1C=C[C@@H](CC(=O)N2CCc3ccccc3C2)O[C@@H]1CO)C1CC1. The van der Waals surface area contributed by atoms with Crippen molar-refractivity contribution >= 4 is 11.8 Å². The van der Waals surface area contributed by atoms with Gasteiger partial charge in [-0.25, -0.2) is 0 Å². The molecular weight excluding hydrogens is 344 g/mol. The Morgan fingerprint density at radius 2 is 1.96 bits per heavy atom. The third-order valence-electron chi connectivity index (χ3n) is 5.58. The molecule has 0 bridgehead atoms. The maximum atomic E-state index is 12.7. The summed E-state index contributed by atoms with van der Waals surface area (Å²) in [4.78, 5) is 26.5. The van der Waals surface area contributed by atoms with Gasteiger partial charge in [-0.05, 0) is 30.4 Å². The van der Waals surface area contributed by atoms with E-state index in [-0.39, 0.29) is 42.9 Å². The van der Waals surface area contributed by atoms with Crippen LogP contribution in [0.15, 0.2) is 36.4 Å². The Morgan fingerprint density at radius 3 is 2.70 bits per heavy atom. The standard InChI is InChI=1S/C21H26N2O4/c24-13-19-18(22-21(26)15-5-6-15)8-7-17(27-19)11-20(25)23-10-9-14-3-1-2-4-16(14)12-23/h1-4,7-8,15,17-19,24H,5-6,9-13H2,(H,22,26)/t17-,18-,19+/m0/s1. The van der Waals surface area contributed by atoms with E-state index in [0.717, 1.165) is 25.8 Å². The van der Waals surface area contributed by atoms with E-state index < -0.39 is 6.10 Å². The second-order valence-corrected chi connectivity index (χ2v) is 7.63. The fourth-order valence-electron chi connectivity index (χ4n) is 3.77. The Labute approximate surface area is 159 Å². The number of fused-ring (bicyclic) bond motifs is 1. The number of nitrogens with one attached hydrogen (secondary N) is 1. The summed E-state index contributed by atoms with van der Waals surface area (Å²) in [5.74, 6) is 0.184. The van der Waals surface area contributed by atoms with Crippen LogP contribution in [0.5, 0.6) is 0 Å². The van der Waals surface area contributed by atoms with Crippen LogP contribution in [0, 0.1) is 5.92 Å². The molecule has 4 rings (SSSR count). The quantitative estimate of drug-likeness (QED) is 0.763. The molecule has 27 heavy (non-hydrogen) atoms. The highest BCUT2D eigenvalue weighted by molar-refractivity contribution is 5.81. The molecule has 0 unspecified atom stereocenters. The van der Waals surface area contributed by atoms with E-state index in [0.29, 0.717) is 6.54 Å². The lowest BCUT2D eigenvalue weighted by atomic mass is 9.99. The first-order chi connectivity index (χ1) is 13.1. The van der Waals surface area contributed by atoms with Crippen LogP contribution in [-0.4, -0.2) is 53.2 Å². The van der Waals surface area contributed by atoms with Gasteiger partial charge in [-0.3, -0.25) is 9.59 Å². The summed E-state index contributed by atoms with van der Waals surface area (Å²) in [5.41, 5.74) is 2.51. The molecule has 0 spiro atoms. The number of ether oxygens (including phenoxy) is 1. The average Bonchev–Trinajstić information content (AvgIpc) is 3.54. The summed E-state index contributed by atoms with van der Waals surface area (Å²) >= 11 is 0. The summed E-state index contributed by atoms with van der Waals surface area (Å²) < 4.78 is 5.88. The highest BCUT2D eigenvalue weighted by Crippen LogP contribution is 2.29. The molecule has 1 aliphatic carbocycles. The van der Waals surface area contributed by atoms with Crippen molar-refractivity contribution in [3.63, 3.8) is 0 Å². The molecule has 3 aliphatic rings. The van der Waals surface area contributed by atoms with E-state index in [1.54, 1.807) is 0 Å². The van der Waals surface area contributed by atoms with Gasteiger partial charge >= 0.3 is 0 Å². The smallest absolute Gasteiger partial charge is 0.225 e. The van der Waals surface area contributed by atoms with Crippen LogP contribution in [0.1, 0.15) is 30.4 Å². The number of aliphatic hydroxyl groups is 1. The summed E-state index contributed by atoms with van der Waals surface area (Å²) in [6, 6.07) is 7.88. The summed E-state index contributed by atoms with van der Waals surface area (Å²) in [5, 5.41) is 12.6. The lowest BCUT2D eigenvalue weighted by Gasteiger charge is -2.34. The molecule has 0 aromatic heterocycles. The van der Waals surface area contributed by atoms with Crippen LogP contribution in [0.3, 0.4) is 0 Å². The molecule has 2 aliphatic heterocycles. The molecule has 3 atom stereocenters. The molecule has 144 valence electrons. The summed E-state index contributed by atoms with van der Waals surface area (Å²) in [6.45, 7) is 1.16. The fourth-order valence-corrected chi connectivity index (χ4v) is 3.77. The van der Waals surface area contributed by atoms with Gasteiger partial charge in [-0.1, -0.05) is 36.4 Å². The van der Waals surface area contributed by atoms with Crippen molar-refractivity contribution < 1.29 is 19.4 Å². The largest absolute Gasteiger partial charge is 0.394 e. The van der Waals surface area contributed by atoms with Gasteiger partial charge in [-0.2, -0.15) is 0 Å². The Kier molecular flexibility index (Phi) is 5.27. The second-order valence-electron chi connectivity index (χ2n) is 7.63. The van der Waals surface area contributed by atoms with Crippen LogP contribution in [0.25, 0.3) is 0 Å². The van der Waals surface area contributed by atoms with Crippen molar-refractivity contribution in [2.75, 3.05) is 13.2 Å². The van der Waals surface area contributed by atoms with E-state index in [1.807, 2.05) is 29.2 Å². The minimum atomic E-state index is -0.516. The number of carbonyl (C=O) groups is 2. The van der Waals surface area contributed by atoms with Crippen molar-refractivity contribution in [1.82, 2.24) is 10.2 Å². The minimum Gasteiger partial charge on any atom is -0.394 e. The normalized spacial score (nSPS) is 27.1. The molecule has 1 saturated carbocycles. The van der Waals surface area contributed by atoms with Crippen LogP contribution in [0.2, 0.25) is 0 Å². The zero-order valence-electron chi connectivity index (χ0n) is 15.3. The zero-order valence-corrected chi connectivity index (χ0v) is 15.3. The fraction of sp³-hybridized carbons (Fsp3) is 0.524. The molecule has 0 saturated heterocycles. The molecule has 2 N–H and O–H groups in total. The van der Waals surface area contributed by atoms with Gasteiger partial charge in [-0.15, -0.1) is 0 Å².